The fraction of sp³-hybridized carbons (Fsp3) is 0.588. The Morgan fingerprint density at radius 3 is 2.33 bits per heavy atom. The van der Waals surface area contributed by atoms with E-state index in [1.807, 2.05) is 18.2 Å². The minimum atomic E-state index is -3.67. The van der Waals surface area contributed by atoms with Crippen LogP contribution in [0.1, 0.15) is 44.9 Å². The van der Waals surface area contributed by atoms with E-state index in [0.29, 0.717) is 11.4 Å². The molecule has 7 heteroatoms. The average Bonchev–Trinajstić information content (AvgIpc) is 3.07. The van der Waals surface area contributed by atoms with Gasteiger partial charge in [0.15, 0.2) is 0 Å². The lowest BCUT2D eigenvalue weighted by atomic mass is 9.93. The summed E-state index contributed by atoms with van der Waals surface area (Å²) in [5, 5.41) is 2.98. The van der Waals surface area contributed by atoms with Crippen molar-refractivity contribution in [1.82, 2.24) is 5.32 Å². The van der Waals surface area contributed by atoms with Crippen LogP contribution < -0.4 is 13.9 Å². The number of benzene rings is 1. The second kappa shape index (κ2) is 5.95. The molecule has 0 spiro atoms. The SMILES string of the molecule is O=C(CN1c2ccccc2N(C2CCC2)S1(=O)=O)NC1CCCC1. The summed E-state index contributed by atoms with van der Waals surface area (Å²) < 4.78 is 28.8. The molecular formula is C17H23N3O3S. The second-order valence-corrected chi connectivity index (χ2v) is 8.66. The smallest absolute Gasteiger partial charge is 0.327 e. The molecule has 1 N–H and O–H groups in total. The lowest BCUT2D eigenvalue weighted by Gasteiger charge is -2.35. The van der Waals surface area contributed by atoms with Crippen molar-refractivity contribution in [2.24, 2.45) is 0 Å². The first-order chi connectivity index (χ1) is 11.6. The molecule has 0 radical (unpaired) electrons. The molecule has 0 saturated heterocycles. The Morgan fingerprint density at radius 1 is 1.04 bits per heavy atom. The molecule has 1 amide bonds. The van der Waals surface area contributed by atoms with Crippen molar-refractivity contribution in [2.75, 3.05) is 15.2 Å². The van der Waals surface area contributed by atoms with Crippen molar-refractivity contribution in [3.63, 3.8) is 0 Å². The molecule has 0 bridgehead atoms. The fourth-order valence-corrected chi connectivity index (χ4v) is 5.75. The van der Waals surface area contributed by atoms with Crippen LogP contribution in [0.5, 0.6) is 0 Å². The van der Waals surface area contributed by atoms with E-state index in [1.54, 1.807) is 6.07 Å². The molecule has 0 atom stereocenters. The van der Waals surface area contributed by atoms with Crippen LogP contribution >= 0.6 is 0 Å². The quantitative estimate of drug-likeness (QED) is 0.906. The Hall–Kier alpha value is -1.76. The number of para-hydroxylation sites is 2. The van der Waals surface area contributed by atoms with Crippen LogP contribution in [0, 0.1) is 0 Å². The Morgan fingerprint density at radius 2 is 1.71 bits per heavy atom. The van der Waals surface area contributed by atoms with Gasteiger partial charge in [-0.25, -0.2) is 8.61 Å². The molecule has 1 aromatic carbocycles. The first kappa shape index (κ1) is 15.7. The molecule has 130 valence electrons. The molecule has 2 saturated carbocycles. The summed E-state index contributed by atoms with van der Waals surface area (Å²) in [6.07, 6.45) is 7.06. The first-order valence-corrected chi connectivity index (χ1v) is 10.2. The normalized spacial score (nSPS) is 23.2. The number of amides is 1. The number of hydrogen-bond acceptors (Lipinski definition) is 3. The van der Waals surface area contributed by atoms with Crippen molar-refractivity contribution in [2.45, 2.75) is 57.0 Å². The van der Waals surface area contributed by atoms with Crippen LogP contribution in [0.15, 0.2) is 24.3 Å². The third-order valence-electron chi connectivity index (χ3n) is 5.33. The number of rotatable bonds is 4. The molecule has 24 heavy (non-hydrogen) atoms. The minimum Gasteiger partial charge on any atom is -0.352 e. The molecule has 6 nitrogen and oxygen atoms in total. The summed E-state index contributed by atoms with van der Waals surface area (Å²) in [7, 11) is -3.67. The number of nitrogens with one attached hydrogen (secondary N) is 1. The summed E-state index contributed by atoms with van der Waals surface area (Å²) in [4.78, 5) is 12.4. The third kappa shape index (κ3) is 2.55. The lowest BCUT2D eigenvalue weighted by Crippen LogP contribution is -2.49. The standard InChI is InChI=1S/C17H23N3O3S/c21-17(18-13-6-1-2-7-13)12-19-15-10-3-4-11-16(15)20(24(19,22)23)14-8-5-9-14/h3-4,10-11,13-14H,1-2,5-9,12H2,(H,18,21). The molecule has 0 aromatic heterocycles. The van der Waals surface area contributed by atoms with E-state index in [-0.39, 0.29) is 24.5 Å². The number of anilines is 2. The molecular weight excluding hydrogens is 326 g/mol. The van der Waals surface area contributed by atoms with Crippen LogP contribution in [0.25, 0.3) is 0 Å². The third-order valence-corrected chi connectivity index (χ3v) is 7.20. The van der Waals surface area contributed by atoms with Gasteiger partial charge >= 0.3 is 10.2 Å². The topological polar surface area (TPSA) is 69.7 Å². The van der Waals surface area contributed by atoms with Gasteiger partial charge in [-0.1, -0.05) is 25.0 Å². The maximum atomic E-state index is 13.0. The Bertz CT molecular complexity index is 739. The van der Waals surface area contributed by atoms with E-state index in [0.717, 1.165) is 44.9 Å². The van der Waals surface area contributed by atoms with Crippen LogP contribution in [-0.2, 0) is 15.0 Å². The lowest BCUT2D eigenvalue weighted by molar-refractivity contribution is -0.120. The maximum absolute atomic E-state index is 13.0. The predicted octanol–water partition coefficient (Wildman–Crippen LogP) is 2.17. The molecule has 2 aliphatic carbocycles. The van der Waals surface area contributed by atoms with Crippen LogP contribution in [0.4, 0.5) is 11.4 Å². The van der Waals surface area contributed by atoms with Gasteiger partial charge in [-0.3, -0.25) is 4.79 Å². The summed E-state index contributed by atoms with van der Waals surface area (Å²) in [6, 6.07) is 7.51. The highest BCUT2D eigenvalue weighted by atomic mass is 32.2. The van der Waals surface area contributed by atoms with Gasteiger partial charge in [-0.2, -0.15) is 8.42 Å². The zero-order valence-electron chi connectivity index (χ0n) is 13.6. The summed E-state index contributed by atoms with van der Waals surface area (Å²) in [6.45, 7) is -0.140. The van der Waals surface area contributed by atoms with Gasteiger partial charge in [0, 0.05) is 12.1 Å². The van der Waals surface area contributed by atoms with Gasteiger partial charge in [-0.15, -0.1) is 0 Å². The van der Waals surface area contributed by atoms with Gasteiger partial charge in [0.25, 0.3) is 0 Å². The van der Waals surface area contributed by atoms with Crippen LogP contribution in [0.2, 0.25) is 0 Å². The number of nitrogens with zero attached hydrogens (tertiary/aromatic N) is 2. The van der Waals surface area contributed by atoms with Crippen LogP contribution in [0.3, 0.4) is 0 Å². The highest BCUT2D eigenvalue weighted by Crippen LogP contribution is 2.45. The summed E-state index contributed by atoms with van der Waals surface area (Å²) in [5.41, 5.74) is 1.32. The van der Waals surface area contributed by atoms with Gasteiger partial charge in [-0.05, 0) is 44.2 Å². The highest BCUT2D eigenvalue weighted by molar-refractivity contribution is 7.94. The van der Waals surface area contributed by atoms with Gasteiger partial charge in [0.2, 0.25) is 5.91 Å². The zero-order valence-corrected chi connectivity index (χ0v) is 14.5. The molecule has 3 aliphatic rings. The minimum absolute atomic E-state index is 0.0269. The molecule has 0 unspecified atom stereocenters. The maximum Gasteiger partial charge on any atom is 0.327 e. The van der Waals surface area contributed by atoms with Crippen LogP contribution in [-0.4, -0.2) is 33.0 Å². The number of carbonyl (C=O) groups is 1. The van der Waals surface area contributed by atoms with Crippen molar-refractivity contribution in [3.8, 4) is 0 Å². The highest BCUT2D eigenvalue weighted by Gasteiger charge is 2.46. The molecule has 1 aliphatic heterocycles. The van der Waals surface area contributed by atoms with E-state index in [9.17, 15) is 13.2 Å². The Labute approximate surface area is 143 Å². The Balaban J connectivity index is 1.58. The fourth-order valence-electron chi connectivity index (χ4n) is 3.86. The molecule has 2 fully saturated rings. The number of carbonyl (C=O) groups excluding carboxylic acids is 1. The summed E-state index contributed by atoms with van der Waals surface area (Å²) in [5.74, 6) is -0.212. The summed E-state index contributed by atoms with van der Waals surface area (Å²) >= 11 is 0. The van der Waals surface area contributed by atoms with E-state index >= 15 is 0 Å². The number of fused-ring (bicyclic) bond motifs is 1. The van der Waals surface area contributed by atoms with E-state index < -0.39 is 10.2 Å². The van der Waals surface area contributed by atoms with E-state index in [2.05, 4.69) is 5.32 Å². The van der Waals surface area contributed by atoms with Gasteiger partial charge < -0.3 is 5.32 Å². The molecule has 4 rings (SSSR count). The number of hydrogen-bond donors (Lipinski definition) is 1. The van der Waals surface area contributed by atoms with Crippen molar-refractivity contribution < 1.29 is 13.2 Å². The molecule has 1 heterocycles. The van der Waals surface area contributed by atoms with Crippen molar-refractivity contribution in [3.05, 3.63) is 24.3 Å². The Kier molecular flexibility index (Phi) is 3.90. The zero-order chi connectivity index (χ0) is 16.7. The van der Waals surface area contributed by atoms with Gasteiger partial charge in [0.05, 0.1) is 11.4 Å². The largest absolute Gasteiger partial charge is 0.352 e. The average molecular weight is 349 g/mol. The van der Waals surface area contributed by atoms with Gasteiger partial charge in [0.1, 0.15) is 6.54 Å². The van der Waals surface area contributed by atoms with E-state index in [4.69, 9.17) is 0 Å². The van der Waals surface area contributed by atoms with Crippen molar-refractivity contribution in [1.29, 1.82) is 0 Å². The second-order valence-electron chi connectivity index (χ2n) is 6.93. The van der Waals surface area contributed by atoms with E-state index in [1.165, 1.54) is 8.61 Å². The molecule has 1 aromatic rings. The first-order valence-electron chi connectivity index (χ1n) is 8.78. The van der Waals surface area contributed by atoms with Crippen molar-refractivity contribution >= 4 is 27.5 Å². The monoisotopic (exact) mass is 349 g/mol. The predicted molar refractivity (Wildman–Crippen MR) is 93.2 cm³/mol.